The molecule has 35 heavy (non-hydrogen) atoms. The van der Waals surface area contributed by atoms with E-state index in [0.29, 0.717) is 11.1 Å². The molecule has 0 atom stereocenters. The minimum atomic E-state index is -10.0. The van der Waals surface area contributed by atoms with Crippen molar-refractivity contribution in [3.05, 3.63) is 52.6 Å². The van der Waals surface area contributed by atoms with Crippen LogP contribution in [-0.4, -0.2) is 49.2 Å². The lowest BCUT2D eigenvalue weighted by atomic mass is 10.0. The molecule has 13 heteroatoms. The van der Waals surface area contributed by atoms with Gasteiger partial charge in [-0.3, -0.25) is 15.0 Å². The van der Waals surface area contributed by atoms with Gasteiger partial charge >= 0.3 is 10.2 Å². The zero-order chi connectivity index (χ0) is 26.2. The number of fused-ring (bicyclic) bond motifs is 1. The van der Waals surface area contributed by atoms with Gasteiger partial charge in [0.2, 0.25) is 0 Å². The van der Waals surface area contributed by atoms with Gasteiger partial charge < -0.3 is 20.3 Å². The van der Waals surface area contributed by atoms with Crippen LogP contribution in [0.4, 0.5) is 25.1 Å². The van der Waals surface area contributed by atoms with Crippen LogP contribution in [0.15, 0.2) is 35.2 Å². The van der Waals surface area contributed by atoms with Crippen LogP contribution in [0.2, 0.25) is 0 Å². The Bertz CT molecular complexity index is 1220. The van der Waals surface area contributed by atoms with E-state index in [1.165, 1.54) is 18.0 Å². The number of benzene rings is 2. The van der Waals surface area contributed by atoms with E-state index >= 15 is 0 Å². The second-order valence-electron chi connectivity index (χ2n) is 7.89. The number of carbonyl (C=O) groups excluding carboxylic acids is 2. The first kappa shape index (κ1) is 26.3. The molecule has 3 N–H and O–H groups in total. The van der Waals surface area contributed by atoms with E-state index in [0.717, 1.165) is 6.07 Å². The molecule has 7 nitrogen and oxygen atoms in total. The number of hydrogen-bond donors (Lipinski definition) is 3. The fourth-order valence-corrected chi connectivity index (χ4v) is 4.40. The largest absolute Gasteiger partial charge is 0.493 e. The highest BCUT2D eigenvalue weighted by molar-refractivity contribution is 8.45. The Morgan fingerprint density at radius 1 is 1.09 bits per heavy atom. The van der Waals surface area contributed by atoms with Crippen LogP contribution < -0.4 is 15.4 Å². The van der Waals surface area contributed by atoms with Gasteiger partial charge in [0.1, 0.15) is 16.5 Å². The number of nitrogens with zero attached hydrogens (tertiary/aromatic N) is 1. The van der Waals surface area contributed by atoms with Crippen molar-refractivity contribution in [1.82, 2.24) is 10.2 Å². The first-order valence-corrected chi connectivity index (χ1v) is 12.5. The zero-order valence-electron chi connectivity index (χ0n) is 19.2. The quantitative estimate of drug-likeness (QED) is 0.297. The molecule has 0 spiro atoms. The highest BCUT2D eigenvalue weighted by atomic mass is 32.5. The van der Waals surface area contributed by atoms with Gasteiger partial charge in [-0.2, -0.15) is 0 Å². The molecule has 1 aliphatic heterocycles. The van der Waals surface area contributed by atoms with E-state index < -0.39 is 38.9 Å². The summed E-state index contributed by atoms with van der Waals surface area (Å²) < 4.78 is 72.8. The number of Topliss-reactive ketones (excluding diaryl/α,β-unsaturated/α-hetero) is 1. The minimum Gasteiger partial charge on any atom is -0.493 e. The second kappa shape index (κ2) is 8.40. The van der Waals surface area contributed by atoms with Crippen LogP contribution in [0.1, 0.15) is 45.7 Å². The molecule has 1 amide bonds. The summed E-state index contributed by atoms with van der Waals surface area (Å²) in [4.78, 5) is 24.2. The summed E-state index contributed by atoms with van der Waals surface area (Å²) in [6, 6.07) is 4.52. The maximum Gasteiger partial charge on any atom is 0.310 e. The van der Waals surface area contributed by atoms with Gasteiger partial charge in [-0.05, 0) is 49.7 Å². The molecule has 1 aliphatic rings. The fourth-order valence-electron chi connectivity index (χ4n) is 3.70. The third kappa shape index (κ3) is 5.66. The van der Waals surface area contributed by atoms with Crippen molar-refractivity contribution < 1.29 is 33.8 Å². The maximum absolute atomic E-state index is 13.5. The average molecular weight is 521 g/mol. The highest BCUT2D eigenvalue weighted by Crippen LogP contribution is 3.02. The molecule has 0 aliphatic carbocycles. The third-order valence-corrected chi connectivity index (χ3v) is 6.43. The molecule has 3 rings (SSSR count). The van der Waals surface area contributed by atoms with Crippen molar-refractivity contribution in [3.63, 3.8) is 0 Å². The first-order chi connectivity index (χ1) is 16.1. The molecule has 0 aromatic heterocycles. The van der Waals surface area contributed by atoms with Crippen LogP contribution in [0, 0.1) is 5.41 Å². The second-order valence-corrected chi connectivity index (χ2v) is 10.3. The van der Waals surface area contributed by atoms with Crippen molar-refractivity contribution in [2.45, 2.75) is 25.3 Å². The Morgan fingerprint density at radius 2 is 1.77 bits per heavy atom. The number of anilines is 1. The number of ether oxygens (including phenoxy) is 1. The van der Waals surface area contributed by atoms with E-state index in [9.17, 15) is 29.0 Å². The van der Waals surface area contributed by atoms with Gasteiger partial charge in [0.15, 0.2) is 5.78 Å². The molecule has 1 heterocycles. The minimum absolute atomic E-state index is 0.0509. The number of carbonyl (C=O) groups is 2. The van der Waals surface area contributed by atoms with Crippen LogP contribution >= 0.6 is 10.2 Å². The Labute approximate surface area is 198 Å². The van der Waals surface area contributed by atoms with Crippen molar-refractivity contribution in [2.24, 2.45) is 0 Å². The number of amidine groups is 1. The molecule has 0 unspecified atom stereocenters. The number of halogens is 5. The molecule has 0 fully saturated rings. The Hall–Kier alpha value is -3.35. The van der Waals surface area contributed by atoms with Crippen molar-refractivity contribution in [2.75, 3.05) is 32.1 Å². The molecule has 0 saturated carbocycles. The number of hydrogen-bond acceptors (Lipinski definition) is 5. The smallest absolute Gasteiger partial charge is 0.310 e. The standard InChI is InChI=1S/C22H25F5N4O3S/c1-4-30-15-6-13(7-16(9-15)35(23,24,25,26)27)19(32)12-31-11-14-8-20(34-5-2)18(22(33)29-3)10-17(14)21(31)28/h6-10,28,30H,4-5,11-12H2,1-3H3,(H,29,33). The molecule has 0 saturated heterocycles. The summed E-state index contributed by atoms with van der Waals surface area (Å²) in [5.41, 5.74) is 0.293. The maximum atomic E-state index is 13.5. The summed E-state index contributed by atoms with van der Waals surface area (Å²) >= 11 is 0. The number of amides is 1. The average Bonchev–Trinajstić information content (AvgIpc) is 3.05. The number of nitrogens with one attached hydrogen (secondary N) is 3. The number of ketones is 1. The molecular weight excluding hydrogens is 495 g/mol. The SMILES string of the molecule is CCNc1cc(C(=O)CN2Cc3cc(OCC)c(C(=O)NC)cc3C2=N)cc(S(F)(F)(F)(F)F)c1. The van der Waals surface area contributed by atoms with Crippen LogP contribution in [0.25, 0.3) is 0 Å². The summed E-state index contributed by atoms with van der Waals surface area (Å²) in [6.07, 6.45) is 0. The Kier molecular flexibility index (Phi) is 6.30. The van der Waals surface area contributed by atoms with Crippen molar-refractivity contribution in [1.29, 1.82) is 5.41 Å². The van der Waals surface area contributed by atoms with Crippen LogP contribution in [0.5, 0.6) is 5.75 Å². The van der Waals surface area contributed by atoms with E-state index in [2.05, 4.69) is 10.6 Å². The summed E-state index contributed by atoms with van der Waals surface area (Å²) in [6.45, 7) is 3.26. The highest BCUT2D eigenvalue weighted by Gasteiger charge is 2.65. The van der Waals surface area contributed by atoms with Crippen molar-refractivity contribution in [3.8, 4) is 5.75 Å². The van der Waals surface area contributed by atoms with Gasteiger partial charge in [0.25, 0.3) is 5.91 Å². The summed E-state index contributed by atoms with van der Waals surface area (Å²) in [7, 11) is -8.60. The lowest BCUT2D eigenvalue weighted by Gasteiger charge is -2.41. The first-order valence-electron chi connectivity index (χ1n) is 10.6. The Morgan fingerprint density at radius 3 is 2.34 bits per heavy atom. The summed E-state index contributed by atoms with van der Waals surface area (Å²) in [5.74, 6) is -1.16. The van der Waals surface area contributed by atoms with Crippen LogP contribution in [-0.2, 0) is 6.54 Å². The van der Waals surface area contributed by atoms with Gasteiger partial charge in [-0.15, -0.1) is 0 Å². The van der Waals surface area contributed by atoms with E-state index in [4.69, 9.17) is 10.1 Å². The fraction of sp³-hybridized carbons (Fsp3) is 0.318. The van der Waals surface area contributed by atoms with Gasteiger partial charge in [0, 0.05) is 37.0 Å². The predicted molar refractivity (Wildman–Crippen MR) is 125 cm³/mol. The van der Waals surface area contributed by atoms with Crippen molar-refractivity contribution >= 4 is 33.4 Å². The predicted octanol–water partition coefficient (Wildman–Crippen LogP) is 5.56. The van der Waals surface area contributed by atoms with Gasteiger partial charge in [0.05, 0.1) is 18.7 Å². The van der Waals surface area contributed by atoms with E-state index in [1.807, 2.05) is 0 Å². The summed E-state index contributed by atoms with van der Waals surface area (Å²) in [5, 5.41) is 13.4. The molecule has 2 aromatic rings. The number of rotatable bonds is 9. The molecule has 0 radical (unpaired) electrons. The monoisotopic (exact) mass is 520 g/mol. The zero-order valence-corrected chi connectivity index (χ0v) is 20.0. The molecule has 0 bridgehead atoms. The van der Waals surface area contributed by atoms with E-state index in [1.54, 1.807) is 19.9 Å². The molecular formula is C22H25F5N4O3S. The third-order valence-electron chi connectivity index (χ3n) is 5.30. The lowest BCUT2D eigenvalue weighted by Crippen LogP contribution is -2.30. The Balaban J connectivity index is 1.93. The van der Waals surface area contributed by atoms with Gasteiger partial charge in [-0.1, -0.05) is 19.4 Å². The topological polar surface area (TPSA) is 94.5 Å². The van der Waals surface area contributed by atoms with E-state index in [-0.39, 0.29) is 54.7 Å². The van der Waals surface area contributed by atoms with Crippen LogP contribution in [0.3, 0.4) is 0 Å². The lowest BCUT2D eigenvalue weighted by molar-refractivity contribution is 0.0953. The molecule has 2 aromatic carbocycles. The normalized spacial score (nSPS) is 15.2. The van der Waals surface area contributed by atoms with Gasteiger partial charge in [-0.25, -0.2) is 0 Å². The molecule has 192 valence electrons.